The molecule has 0 spiro atoms. The van der Waals surface area contributed by atoms with Gasteiger partial charge in [-0.2, -0.15) is 0 Å². The van der Waals surface area contributed by atoms with E-state index in [-0.39, 0.29) is 0 Å². The quantitative estimate of drug-likeness (QED) is 0.562. The molecule has 0 aromatic heterocycles. The second-order valence-electron chi connectivity index (χ2n) is 4.13. The first kappa shape index (κ1) is 13.2. The van der Waals surface area contributed by atoms with E-state index in [2.05, 4.69) is 40.9 Å². The van der Waals surface area contributed by atoms with E-state index in [0.717, 1.165) is 45.0 Å². The highest BCUT2D eigenvalue weighted by Crippen LogP contribution is 1.89. The van der Waals surface area contributed by atoms with Crippen molar-refractivity contribution in [2.75, 3.05) is 39.3 Å². The zero-order valence-electron chi connectivity index (χ0n) is 10.5. The molecule has 4 heteroatoms. The number of allylic oxidation sites excluding steroid dienone is 2. The number of hydrogen-bond acceptors (Lipinski definition) is 4. The van der Waals surface area contributed by atoms with Crippen molar-refractivity contribution >= 4 is 5.71 Å². The van der Waals surface area contributed by atoms with Gasteiger partial charge in [0.2, 0.25) is 0 Å². The summed E-state index contributed by atoms with van der Waals surface area (Å²) >= 11 is 0. The maximum absolute atomic E-state index is 4.48. The maximum atomic E-state index is 4.48. The predicted octanol–water partition coefficient (Wildman–Crippen LogP) is 0.524. The molecule has 0 aromatic carbocycles. The van der Waals surface area contributed by atoms with Gasteiger partial charge in [-0.25, -0.2) is 0 Å². The first-order valence-corrected chi connectivity index (χ1v) is 6.13. The summed E-state index contributed by atoms with van der Waals surface area (Å²) in [5.74, 6) is 0. The predicted molar refractivity (Wildman–Crippen MR) is 70.1 cm³/mol. The summed E-state index contributed by atoms with van der Waals surface area (Å²) in [6, 6.07) is 0. The summed E-state index contributed by atoms with van der Waals surface area (Å²) in [4.78, 5) is 4.48. The van der Waals surface area contributed by atoms with E-state index in [1.807, 2.05) is 0 Å². The molecular weight excluding hydrogens is 200 g/mol. The van der Waals surface area contributed by atoms with Gasteiger partial charge in [0.25, 0.3) is 0 Å². The monoisotopic (exact) mass is 224 g/mol. The van der Waals surface area contributed by atoms with E-state index in [0.29, 0.717) is 0 Å². The van der Waals surface area contributed by atoms with Gasteiger partial charge in [0.1, 0.15) is 0 Å². The summed E-state index contributed by atoms with van der Waals surface area (Å²) in [5.41, 5.74) is 2.28. The Hall–Kier alpha value is -0.870. The Morgan fingerprint density at radius 3 is 2.56 bits per heavy atom. The molecule has 1 aliphatic heterocycles. The summed E-state index contributed by atoms with van der Waals surface area (Å²) in [7, 11) is 0. The lowest BCUT2D eigenvalue weighted by Gasteiger charge is -2.09. The van der Waals surface area contributed by atoms with Crippen LogP contribution in [0.1, 0.15) is 20.3 Å². The molecule has 0 aromatic rings. The summed E-state index contributed by atoms with van der Waals surface area (Å²) in [6.07, 6.45) is 3.28. The standard InChI is InChI=1S/C12H24N4/c1-11-10-12(2)16-9-7-14-5-3-4-13-6-8-15-11/h10,13-15H,3-9H2,1-2H3/b11-10-,16-12?. The second kappa shape index (κ2) is 8.30. The van der Waals surface area contributed by atoms with E-state index >= 15 is 0 Å². The minimum atomic E-state index is 0.864. The van der Waals surface area contributed by atoms with E-state index in [1.165, 1.54) is 12.1 Å². The van der Waals surface area contributed by atoms with Crippen LogP contribution in [-0.4, -0.2) is 45.0 Å². The minimum absolute atomic E-state index is 0.864. The van der Waals surface area contributed by atoms with Crippen molar-refractivity contribution in [1.82, 2.24) is 16.0 Å². The zero-order valence-corrected chi connectivity index (χ0v) is 10.5. The molecule has 0 bridgehead atoms. The topological polar surface area (TPSA) is 48.5 Å². The molecule has 0 fully saturated rings. The van der Waals surface area contributed by atoms with Crippen molar-refractivity contribution in [1.29, 1.82) is 0 Å². The third kappa shape index (κ3) is 6.58. The summed E-state index contributed by atoms with van der Waals surface area (Å²) < 4.78 is 0. The van der Waals surface area contributed by atoms with Gasteiger partial charge in [-0.1, -0.05) is 0 Å². The number of rotatable bonds is 0. The summed E-state index contributed by atoms with van der Waals surface area (Å²) in [6.45, 7) is 10.1. The Balaban J connectivity index is 2.42. The van der Waals surface area contributed by atoms with Gasteiger partial charge >= 0.3 is 0 Å². The van der Waals surface area contributed by atoms with E-state index in [9.17, 15) is 0 Å². The Labute approximate surface area is 98.6 Å². The van der Waals surface area contributed by atoms with E-state index in [4.69, 9.17) is 0 Å². The normalized spacial score (nSPS) is 24.6. The first-order chi connectivity index (χ1) is 7.79. The molecule has 3 N–H and O–H groups in total. The van der Waals surface area contributed by atoms with Crippen LogP contribution < -0.4 is 16.0 Å². The molecule has 1 heterocycles. The Morgan fingerprint density at radius 1 is 1.00 bits per heavy atom. The first-order valence-electron chi connectivity index (χ1n) is 6.13. The third-order valence-corrected chi connectivity index (χ3v) is 2.49. The van der Waals surface area contributed by atoms with Crippen molar-refractivity contribution in [3.8, 4) is 0 Å². The van der Waals surface area contributed by atoms with Gasteiger partial charge in [0.15, 0.2) is 0 Å². The van der Waals surface area contributed by atoms with Crippen molar-refractivity contribution in [3.05, 3.63) is 11.8 Å². The van der Waals surface area contributed by atoms with Crippen LogP contribution in [-0.2, 0) is 0 Å². The van der Waals surface area contributed by atoms with Gasteiger partial charge < -0.3 is 16.0 Å². The van der Waals surface area contributed by atoms with Crippen LogP contribution in [0.5, 0.6) is 0 Å². The fourth-order valence-corrected chi connectivity index (χ4v) is 1.66. The Morgan fingerprint density at radius 2 is 1.75 bits per heavy atom. The van der Waals surface area contributed by atoms with Crippen LogP contribution in [0, 0.1) is 0 Å². The second-order valence-corrected chi connectivity index (χ2v) is 4.13. The third-order valence-electron chi connectivity index (χ3n) is 2.49. The van der Waals surface area contributed by atoms with E-state index < -0.39 is 0 Å². The number of nitrogens with zero attached hydrogens (tertiary/aromatic N) is 1. The average molecular weight is 224 g/mol. The fourth-order valence-electron chi connectivity index (χ4n) is 1.66. The molecular formula is C12H24N4. The molecule has 0 unspecified atom stereocenters. The van der Waals surface area contributed by atoms with E-state index in [1.54, 1.807) is 0 Å². The zero-order chi connectivity index (χ0) is 11.6. The molecule has 0 saturated carbocycles. The minimum Gasteiger partial charge on any atom is -0.387 e. The molecule has 92 valence electrons. The molecule has 0 aliphatic carbocycles. The average Bonchev–Trinajstić information content (AvgIpc) is 2.25. The van der Waals surface area contributed by atoms with Crippen LogP contribution in [0.25, 0.3) is 0 Å². The molecule has 16 heavy (non-hydrogen) atoms. The van der Waals surface area contributed by atoms with Crippen LogP contribution >= 0.6 is 0 Å². The molecule has 0 amide bonds. The van der Waals surface area contributed by atoms with Gasteiger partial charge in [-0.05, 0) is 39.4 Å². The molecule has 0 atom stereocenters. The van der Waals surface area contributed by atoms with Crippen molar-refractivity contribution in [2.24, 2.45) is 4.99 Å². The number of nitrogens with one attached hydrogen (secondary N) is 3. The largest absolute Gasteiger partial charge is 0.387 e. The van der Waals surface area contributed by atoms with Crippen molar-refractivity contribution in [3.63, 3.8) is 0 Å². The van der Waals surface area contributed by atoms with Gasteiger partial charge in [0.05, 0.1) is 6.54 Å². The molecule has 0 radical (unpaired) electrons. The Bertz CT molecular complexity index is 245. The lowest BCUT2D eigenvalue weighted by Crippen LogP contribution is -2.29. The van der Waals surface area contributed by atoms with Gasteiger partial charge in [-0.15, -0.1) is 0 Å². The van der Waals surface area contributed by atoms with Gasteiger partial charge in [-0.3, -0.25) is 4.99 Å². The molecule has 4 nitrogen and oxygen atoms in total. The highest BCUT2D eigenvalue weighted by Gasteiger charge is 1.94. The molecule has 1 rings (SSSR count). The van der Waals surface area contributed by atoms with Crippen LogP contribution in [0.2, 0.25) is 0 Å². The highest BCUT2D eigenvalue weighted by atomic mass is 15.0. The Kier molecular flexibility index (Phi) is 6.85. The van der Waals surface area contributed by atoms with Gasteiger partial charge in [0, 0.05) is 31.0 Å². The lowest BCUT2D eigenvalue weighted by atomic mass is 10.3. The van der Waals surface area contributed by atoms with Crippen molar-refractivity contribution < 1.29 is 0 Å². The van der Waals surface area contributed by atoms with Crippen LogP contribution in [0.3, 0.4) is 0 Å². The smallest absolute Gasteiger partial charge is 0.0517 e. The summed E-state index contributed by atoms with van der Waals surface area (Å²) in [5, 5.41) is 10.2. The van der Waals surface area contributed by atoms with Crippen molar-refractivity contribution in [2.45, 2.75) is 20.3 Å². The molecule has 1 aliphatic rings. The fraction of sp³-hybridized carbons (Fsp3) is 0.750. The lowest BCUT2D eigenvalue weighted by molar-refractivity contribution is 0.589. The number of hydrogen-bond donors (Lipinski definition) is 3. The van der Waals surface area contributed by atoms with Crippen LogP contribution in [0.4, 0.5) is 0 Å². The number of aliphatic imine (C=N–C) groups is 1. The maximum Gasteiger partial charge on any atom is 0.0517 e. The SMILES string of the molecule is CC1=NCCNCCCNCCN/C(C)=C\1. The molecule has 0 saturated heterocycles. The highest BCUT2D eigenvalue weighted by molar-refractivity contribution is 5.93. The van der Waals surface area contributed by atoms with Crippen LogP contribution in [0.15, 0.2) is 16.8 Å².